The summed E-state index contributed by atoms with van der Waals surface area (Å²) in [4.78, 5) is 1.28. The summed E-state index contributed by atoms with van der Waals surface area (Å²) in [5.74, 6) is 1.69. The summed E-state index contributed by atoms with van der Waals surface area (Å²) in [7, 11) is 0. The lowest BCUT2D eigenvalue weighted by Gasteiger charge is -2.16. The summed E-state index contributed by atoms with van der Waals surface area (Å²) in [5.41, 5.74) is 1.05. The van der Waals surface area contributed by atoms with Gasteiger partial charge in [-0.1, -0.05) is 45.7 Å². The first kappa shape index (κ1) is 14.6. The third kappa shape index (κ3) is 5.13. The first-order valence-electron chi connectivity index (χ1n) is 6.58. The highest BCUT2D eigenvalue weighted by atomic mass is 32.2. The van der Waals surface area contributed by atoms with E-state index in [1.807, 2.05) is 11.8 Å². The fraction of sp³-hybridized carbons (Fsp3) is 0.600. The lowest BCUT2D eigenvalue weighted by molar-refractivity contribution is 0.145. The zero-order chi connectivity index (χ0) is 12.7. The van der Waals surface area contributed by atoms with Gasteiger partial charge in [-0.2, -0.15) is 0 Å². The molecule has 0 fully saturated rings. The van der Waals surface area contributed by atoms with Crippen LogP contribution in [0, 0.1) is 5.92 Å². The molecule has 0 saturated heterocycles. The third-order valence-electron chi connectivity index (χ3n) is 2.98. The number of thioether (sulfide) groups is 1. The van der Waals surface area contributed by atoms with Gasteiger partial charge in [-0.05, 0) is 35.8 Å². The SMILES string of the molecule is CCCC(C)CC(O)c1ccc(SCC)cc1. The molecule has 0 aliphatic heterocycles. The predicted molar refractivity (Wildman–Crippen MR) is 76.5 cm³/mol. The van der Waals surface area contributed by atoms with Crippen molar-refractivity contribution in [2.45, 2.75) is 51.0 Å². The second-order valence-corrected chi connectivity index (χ2v) is 5.98. The lowest BCUT2D eigenvalue weighted by Crippen LogP contribution is -2.04. The number of aliphatic hydroxyl groups excluding tert-OH is 1. The minimum absolute atomic E-state index is 0.308. The van der Waals surface area contributed by atoms with Crippen LogP contribution in [0.4, 0.5) is 0 Å². The van der Waals surface area contributed by atoms with Crippen LogP contribution in [0.15, 0.2) is 29.2 Å². The number of benzene rings is 1. The fourth-order valence-electron chi connectivity index (χ4n) is 2.08. The first-order valence-corrected chi connectivity index (χ1v) is 7.56. The number of aliphatic hydroxyl groups is 1. The first-order chi connectivity index (χ1) is 8.17. The summed E-state index contributed by atoms with van der Waals surface area (Å²) < 4.78 is 0. The topological polar surface area (TPSA) is 20.2 Å². The summed E-state index contributed by atoms with van der Waals surface area (Å²) in [6.45, 7) is 6.56. The lowest BCUT2D eigenvalue weighted by atomic mass is 9.95. The Bertz CT molecular complexity index is 307. The standard InChI is InChI=1S/C15H24OS/c1-4-6-12(3)11-15(16)13-7-9-14(10-8-13)17-5-2/h7-10,12,15-16H,4-6,11H2,1-3H3. The summed E-state index contributed by atoms with van der Waals surface area (Å²) >= 11 is 1.84. The molecule has 1 N–H and O–H groups in total. The highest BCUT2D eigenvalue weighted by Crippen LogP contribution is 2.26. The van der Waals surface area contributed by atoms with Crippen molar-refractivity contribution < 1.29 is 5.11 Å². The average Bonchev–Trinajstić information content (AvgIpc) is 2.30. The van der Waals surface area contributed by atoms with Crippen LogP contribution in [-0.4, -0.2) is 10.9 Å². The minimum atomic E-state index is -0.308. The van der Waals surface area contributed by atoms with Crippen molar-refractivity contribution in [3.63, 3.8) is 0 Å². The van der Waals surface area contributed by atoms with Crippen LogP contribution in [0.1, 0.15) is 51.7 Å². The Labute approximate surface area is 110 Å². The molecule has 0 spiro atoms. The molecule has 0 radical (unpaired) electrons. The van der Waals surface area contributed by atoms with Crippen molar-refractivity contribution in [3.05, 3.63) is 29.8 Å². The summed E-state index contributed by atoms with van der Waals surface area (Å²) in [6, 6.07) is 8.33. The van der Waals surface area contributed by atoms with Gasteiger partial charge in [-0.15, -0.1) is 11.8 Å². The minimum Gasteiger partial charge on any atom is -0.388 e. The zero-order valence-corrected chi connectivity index (χ0v) is 12.0. The molecule has 17 heavy (non-hydrogen) atoms. The van der Waals surface area contributed by atoms with Gasteiger partial charge >= 0.3 is 0 Å². The van der Waals surface area contributed by atoms with Gasteiger partial charge in [-0.25, -0.2) is 0 Å². The Balaban J connectivity index is 2.53. The van der Waals surface area contributed by atoms with E-state index in [1.54, 1.807) is 0 Å². The molecule has 0 aliphatic rings. The molecule has 96 valence electrons. The van der Waals surface area contributed by atoms with E-state index in [9.17, 15) is 5.11 Å². The summed E-state index contributed by atoms with van der Waals surface area (Å²) in [6.07, 6.45) is 2.95. The molecule has 0 bridgehead atoms. The van der Waals surface area contributed by atoms with Crippen LogP contribution >= 0.6 is 11.8 Å². The van der Waals surface area contributed by atoms with Gasteiger partial charge in [-0.3, -0.25) is 0 Å². The molecule has 0 aromatic heterocycles. The van der Waals surface area contributed by atoms with Crippen molar-refractivity contribution in [2.24, 2.45) is 5.92 Å². The van der Waals surface area contributed by atoms with Gasteiger partial charge in [0.2, 0.25) is 0 Å². The van der Waals surface area contributed by atoms with Gasteiger partial charge in [0.25, 0.3) is 0 Å². The average molecular weight is 252 g/mol. The Morgan fingerprint density at radius 3 is 2.35 bits per heavy atom. The van der Waals surface area contributed by atoms with E-state index in [2.05, 4.69) is 45.0 Å². The molecular formula is C15H24OS. The number of hydrogen-bond acceptors (Lipinski definition) is 2. The van der Waals surface area contributed by atoms with Crippen molar-refractivity contribution in [1.29, 1.82) is 0 Å². The molecule has 0 saturated carbocycles. The molecule has 2 atom stereocenters. The largest absolute Gasteiger partial charge is 0.388 e. The maximum absolute atomic E-state index is 10.1. The van der Waals surface area contributed by atoms with Crippen LogP contribution < -0.4 is 0 Å². The Morgan fingerprint density at radius 1 is 1.18 bits per heavy atom. The third-order valence-corrected chi connectivity index (χ3v) is 3.88. The molecule has 1 aromatic rings. The molecule has 0 heterocycles. The number of rotatable bonds is 7. The van der Waals surface area contributed by atoms with Gasteiger partial charge in [0.15, 0.2) is 0 Å². The van der Waals surface area contributed by atoms with Crippen LogP contribution in [0.5, 0.6) is 0 Å². The van der Waals surface area contributed by atoms with Crippen molar-refractivity contribution >= 4 is 11.8 Å². The Morgan fingerprint density at radius 2 is 1.82 bits per heavy atom. The molecule has 0 aliphatic carbocycles. The van der Waals surface area contributed by atoms with Gasteiger partial charge < -0.3 is 5.11 Å². The predicted octanol–water partition coefficient (Wildman–Crippen LogP) is 4.66. The molecule has 2 unspecified atom stereocenters. The molecule has 2 heteroatoms. The fourth-order valence-corrected chi connectivity index (χ4v) is 2.74. The molecule has 0 amide bonds. The second kappa shape index (κ2) is 7.78. The molecular weight excluding hydrogens is 228 g/mol. The van der Waals surface area contributed by atoms with E-state index in [0.29, 0.717) is 5.92 Å². The Kier molecular flexibility index (Phi) is 6.68. The molecule has 1 nitrogen and oxygen atoms in total. The van der Waals surface area contributed by atoms with E-state index < -0.39 is 0 Å². The highest BCUT2D eigenvalue weighted by Gasteiger charge is 2.11. The molecule has 1 rings (SSSR count). The van der Waals surface area contributed by atoms with Crippen molar-refractivity contribution in [2.75, 3.05) is 5.75 Å². The highest BCUT2D eigenvalue weighted by molar-refractivity contribution is 7.99. The molecule has 1 aromatic carbocycles. The van der Waals surface area contributed by atoms with Gasteiger partial charge in [0.1, 0.15) is 0 Å². The van der Waals surface area contributed by atoms with Crippen molar-refractivity contribution in [3.8, 4) is 0 Å². The second-order valence-electron chi connectivity index (χ2n) is 4.65. The maximum atomic E-state index is 10.1. The normalized spacial score (nSPS) is 14.6. The zero-order valence-electron chi connectivity index (χ0n) is 11.1. The smallest absolute Gasteiger partial charge is 0.0792 e. The van der Waals surface area contributed by atoms with Crippen molar-refractivity contribution in [1.82, 2.24) is 0 Å². The number of hydrogen-bond donors (Lipinski definition) is 1. The maximum Gasteiger partial charge on any atom is 0.0792 e. The van der Waals surface area contributed by atoms with Gasteiger partial charge in [0, 0.05) is 4.90 Å². The van der Waals surface area contributed by atoms with E-state index in [0.717, 1.165) is 17.7 Å². The van der Waals surface area contributed by atoms with E-state index in [1.165, 1.54) is 17.7 Å². The van der Waals surface area contributed by atoms with E-state index in [-0.39, 0.29) is 6.10 Å². The van der Waals surface area contributed by atoms with E-state index >= 15 is 0 Å². The monoisotopic (exact) mass is 252 g/mol. The van der Waals surface area contributed by atoms with Gasteiger partial charge in [0.05, 0.1) is 6.10 Å². The van der Waals surface area contributed by atoms with E-state index in [4.69, 9.17) is 0 Å². The van der Waals surface area contributed by atoms with Crippen LogP contribution in [0.2, 0.25) is 0 Å². The van der Waals surface area contributed by atoms with Crippen LogP contribution in [0.3, 0.4) is 0 Å². The Hall–Kier alpha value is -0.470. The summed E-state index contributed by atoms with van der Waals surface area (Å²) in [5, 5.41) is 10.1. The van der Waals surface area contributed by atoms with Crippen LogP contribution in [-0.2, 0) is 0 Å². The quantitative estimate of drug-likeness (QED) is 0.712. The van der Waals surface area contributed by atoms with Crippen LogP contribution in [0.25, 0.3) is 0 Å².